The van der Waals surface area contributed by atoms with Crippen LogP contribution in [0.4, 0.5) is 0 Å². The van der Waals surface area contributed by atoms with Gasteiger partial charge in [-0.05, 0) is 43.9 Å². The molecule has 2 aliphatic heterocycles. The van der Waals surface area contributed by atoms with Gasteiger partial charge in [0.15, 0.2) is 0 Å². The molecule has 3 nitrogen and oxygen atoms in total. The van der Waals surface area contributed by atoms with E-state index in [9.17, 15) is 4.79 Å². The van der Waals surface area contributed by atoms with Crippen LogP contribution >= 0.6 is 0 Å². The molecule has 2 heterocycles. The summed E-state index contributed by atoms with van der Waals surface area (Å²) in [5.41, 5.74) is -0.0152. The second-order valence-corrected chi connectivity index (χ2v) is 7.71. The molecule has 1 aliphatic carbocycles. The molecular formula is C17H30N2O. The lowest BCUT2D eigenvalue weighted by molar-refractivity contribution is -0.147. The van der Waals surface area contributed by atoms with Crippen molar-refractivity contribution in [3.05, 3.63) is 0 Å². The number of likely N-dealkylation sites (tertiary alicyclic amines) is 1. The third-order valence-corrected chi connectivity index (χ3v) is 5.75. The summed E-state index contributed by atoms with van der Waals surface area (Å²) in [6.45, 7) is 7.67. The largest absolute Gasteiger partial charge is 0.338 e. The molecule has 1 amide bonds. The van der Waals surface area contributed by atoms with Crippen molar-refractivity contribution in [2.45, 2.75) is 64.8 Å². The zero-order valence-corrected chi connectivity index (χ0v) is 13.2. The molecule has 0 radical (unpaired) electrons. The minimum Gasteiger partial charge on any atom is -0.338 e. The van der Waals surface area contributed by atoms with Gasteiger partial charge in [-0.15, -0.1) is 0 Å². The van der Waals surface area contributed by atoms with Crippen LogP contribution in [0.25, 0.3) is 0 Å². The lowest BCUT2D eigenvalue weighted by Gasteiger charge is -2.43. The standard InChI is InChI=1S/C17H30N2O/c1-13(2)10-17(7-3-4-8-17)16(20)19-9-5-6-14-11-18-12-15(14)19/h13-15,18H,3-12H2,1-2H3. The highest BCUT2D eigenvalue weighted by molar-refractivity contribution is 5.83. The minimum atomic E-state index is -0.0152. The maximum Gasteiger partial charge on any atom is 0.229 e. The summed E-state index contributed by atoms with van der Waals surface area (Å²) >= 11 is 0. The normalized spacial score (nSPS) is 32.6. The first-order valence-corrected chi connectivity index (χ1v) is 8.64. The van der Waals surface area contributed by atoms with Gasteiger partial charge in [-0.3, -0.25) is 4.79 Å². The van der Waals surface area contributed by atoms with Crippen molar-refractivity contribution in [1.29, 1.82) is 0 Å². The van der Waals surface area contributed by atoms with Crippen molar-refractivity contribution < 1.29 is 4.79 Å². The van der Waals surface area contributed by atoms with Crippen LogP contribution in [0.3, 0.4) is 0 Å². The zero-order valence-electron chi connectivity index (χ0n) is 13.2. The van der Waals surface area contributed by atoms with Crippen LogP contribution in [-0.4, -0.2) is 36.5 Å². The summed E-state index contributed by atoms with van der Waals surface area (Å²) in [7, 11) is 0. The SMILES string of the molecule is CC(C)CC1(C(=O)N2CCCC3CNCC32)CCCC1. The van der Waals surface area contributed by atoms with Gasteiger partial charge < -0.3 is 10.2 Å². The fraction of sp³-hybridized carbons (Fsp3) is 0.941. The monoisotopic (exact) mass is 278 g/mol. The Labute approximate surface area is 123 Å². The van der Waals surface area contributed by atoms with Gasteiger partial charge in [0.2, 0.25) is 5.91 Å². The van der Waals surface area contributed by atoms with Gasteiger partial charge in [-0.25, -0.2) is 0 Å². The maximum absolute atomic E-state index is 13.3. The van der Waals surface area contributed by atoms with Gasteiger partial charge >= 0.3 is 0 Å². The Hall–Kier alpha value is -0.570. The average molecular weight is 278 g/mol. The van der Waals surface area contributed by atoms with Crippen LogP contribution in [0, 0.1) is 17.3 Å². The number of carbonyl (C=O) groups is 1. The van der Waals surface area contributed by atoms with Gasteiger partial charge in [-0.1, -0.05) is 26.7 Å². The van der Waals surface area contributed by atoms with E-state index < -0.39 is 0 Å². The highest BCUT2D eigenvalue weighted by Gasteiger charge is 2.47. The number of hydrogen-bond acceptors (Lipinski definition) is 2. The fourth-order valence-corrected chi connectivity index (χ4v) is 4.96. The van der Waals surface area contributed by atoms with Gasteiger partial charge in [0.05, 0.1) is 0 Å². The smallest absolute Gasteiger partial charge is 0.229 e. The molecule has 0 bridgehead atoms. The molecule has 0 aromatic carbocycles. The van der Waals surface area contributed by atoms with E-state index in [-0.39, 0.29) is 5.41 Å². The number of rotatable bonds is 3. The third kappa shape index (κ3) is 2.49. The van der Waals surface area contributed by atoms with Gasteiger partial charge in [0.1, 0.15) is 0 Å². The highest BCUT2D eigenvalue weighted by Crippen LogP contribution is 2.46. The molecule has 2 saturated heterocycles. The Morgan fingerprint density at radius 1 is 1.25 bits per heavy atom. The molecule has 0 aromatic rings. The van der Waals surface area contributed by atoms with E-state index in [0.29, 0.717) is 23.8 Å². The van der Waals surface area contributed by atoms with Crippen molar-refractivity contribution in [2.75, 3.05) is 19.6 Å². The van der Waals surface area contributed by atoms with E-state index in [1.165, 1.54) is 25.7 Å². The summed E-state index contributed by atoms with van der Waals surface area (Å²) in [4.78, 5) is 15.6. The Bertz CT molecular complexity index is 360. The molecule has 0 aromatic heterocycles. The first-order valence-electron chi connectivity index (χ1n) is 8.64. The van der Waals surface area contributed by atoms with Crippen LogP contribution in [0.5, 0.6) is 0 Å². The van der Waals surface area contributed by atoms with Crippen LogP contribution in [0.1, 0.15) is 58.8 Å². The molecule has 3 fully saturated rings. The molecule has 3 heteroatoms. The molecule has 114 valence electrons. The van der Waals surface area contributed by atoms with Gasteiger partial charge in [0, 0.05) is 31.1 Å². The third-order valence-electron chi connectivity index (χ3n) is 5.75. The Morgan fingerprint density at radius 3 is 2.70 bits per heavy atom. The molecule has 3 aliphatic rings. The van der Waals surface area contributed by atoms with Crippen molar-refractivity contribution >= 4 is 5.91 Å². The molecule has 20 heavy (non-hydrogen) atoms. The molecule has 1 saturated carbocycles. The molecule has 2 atom stereocenters. The lowest BCUT2D eigenvalue weighted by atomic mass is 9.76. The van der Waals surface area contributed by atoms with Crippen LogP contribution in [0.2, 0.25) is 0 Å². The summed E-state index contributed by atoms with van der Waals surface area (Å²) in [6.07, 6.45) is 8.35. The molecule has 1 N–H and O–H groups in total. The minimum absolute atomic E-state index is 0.0152. The number of nitrogens with zero attached hydrogens (tertiary/aromatic N) is 1. The average Bonchev–Trinajstić information content (AvgIpc) is 3.05. The number of fused-ring (bicyclic) bond motifs is 1. The van der Waals surface area contributed by atoms with Crippen LogP contribution < -0.4 is 5.32 Å². The van der Waals surface area contributed by atoms with Crippen molar-refractivity contribution in [3.63, 3.8) is 0 Å². The predicted molar refractivity (Wildman–Crippen MR) is 81.5 cm³/mol. The van der Waals surface area contributed by atoms with Gasteiger partial charge in [-0.2, -0.15) is 0 Å². The van der Waals surface area contributed by atoms with E-state index in [0.717, 1.165) is 38.9 Å². The number of amides is 1. The lowest BCUT2D eigenvalue weighted by Crippen LogP contribution is -2.53. The molecule has 2 unspecified atom stereocenters. The fourth-order valence-electron chi connectivity index (χ4n) is 4.96. The second kappa shape index (κ2) is 5.67. The van der Waals surface area contributed by atoms with Crippen LogP contribution in [0.15, 0.2) is 0 Å². The Balaban J connectivity index is 1.78. The number of hydrogen-bond donors (Lipinski definition) is 1. The van der Waals surface area contributed by atoms with Crippen molar-refractivity contribution in [2.24, 2.45) is 17.3 Å². The second-order valence-electron chi connectivity index (χ2n) is 7.71. The van der Waals surface area contributed by atoms with Crippen molar-refractivity contribution in [1.82, 2.24) is 10.2 Å². The van der Waals surface area contributed by atoms with E-state index in [2.05, 4.69) is 24.1 Å². The van der Waals surface area contributed by atoms with Gasteiger partial charge in [0.25, 0.3) is 0 Å². The van der Waals surface area contributed by atoms with E-state index in [4.69, 9.17) is 0 Å². The highest BCUT2D eigenvalue weighted by atomic mass is 16.2. The Kier molecular flexibility index (Phi) is 4.07. The van der Waals surface area contributed by atoms with Crippen LogP contribution in [-0.2, 0) is 4.79 Å². The topological polar surface area (TPSA) is 32.3 Å². The molecular weight excluding hydrogens is 248 g/mol. The quantitative estimate of drug-likeness (QED) is 0.861. The first kappa shape index (κ1) is 14.4. The number of carbonyl (C=O) groups excluding carboxylic acids is 1. The molecule has 3 rings (SSSR count). The molecule has 0 spiro atoms. The zero-order chi connectivity index (χ0) is 14.2. The van der Waals surface area contributed by atoms with E-state index >= 15 is 0 Å². The Morgan fingerprint density at radius 2 is 2.00 bits per heavy atom. The summed E-state index contributed by atoms with van der Waals surface area (Å²) in [6, 6.07) is 0.487. The number of piperidine rings is 1. The predicted octanol–water partition coefficient (Wildman–Crippen LogP) is 2.80. The van der Waals surface area contributed by atoms with E-state index in [1.54, 1.807) is 0 Å². The summed E-state index contributed by atoms with van der Waals surface area (Å²) in [5, 5.41) is 3.50. The number of nitrogens with one attached hydrogen (secondary N) is 1. The van der Waals surface area contributed by atoms with E-state index in [1.807, 2.05) is 0 Å². The summed E-state index contributed by atoms with van der Waals surface area (Å²) < 4.78 is 0. The summed E-state index contributed by atoms with van der Waals surface area (Å²) in [5.74, 6) is 1.84. The maximum atomic E-state index is 13.3. The van der Waals surface area contributed by atoms with Crippen molar-refractivity contribution in [3.8, 4) is 0 Å². The first-order chi connectivity index (χ1) is 9.62.